The Hall–Kier alpha value is -2.64. The van der Waals surface area contributed by atoms with Gasteiger partial charge in [-0.1, -0.05) is 24.3 Å². The van der Waals surface area contributed by atoms with E-state index >= 15 is 0 Å². The second-order valence-corrected chi connectivity index (χ2v) is 3.50. The summed E-state index contributed by atoms with van der Waals surface area (Å²) < 4.78 is 31.7. The molecule has 0 spiro atoms. The molecule has 0 aliphatic heterocycles. The van der Waals surface area contributed by atoms with Gasteiger partial charge in [-0.05, 0) is 12.1 Å². The van der Waals surface area contributed by atoms with Crippen LogP contribution in [0.4, 0.5) is 13.2 Å². The van der Waals surface area contributed by atoms with Crippen LogP contribution in [0.25, 0.3) is 10.9 Å². The molecule has 0 radical (unpaired) electrons. The van der Waals surface area contributed by atoms with Crippen molar-refractivity contribution in [2.75, 3.05) is 0 Å². The molecule has 0 bridgehead atoms. The van der Waals surface area contributed by atoms with Crippen molar-refractivity contribution >= 4 is 22.8 Å². The number of carboxylic acids is 2. The highest BCUT2D eigenvalue weighted by Crippen LogP contribution is 2.13. The Morgan fingerprint density at radius 3 is 2.05 bits per heavy atom. The maximum atomic E-state index is 10.6. The molecule has 0 atom stereocenters. The third-order valence-corrected chi connectivity index (χ3v) is 2.06. The van der Waals surface area contributed by atoms with Crippen LogP contribution < -0.4 is 0 Å². The minimum Gasteiger partial charge on any atom is -0.477 e. The Kier molecular flexibility index (Phi) is 4.63. The Bertz CT molecular complexity index is 640. The number of benzene rings is 1. The number of fused-ring (bicyclic) bond motifs is 1. The first-order valence-electron chi connectivity index (χ1n) is 5.11. The number of para-hydroxylation sites is 1. The number of nitrogens with zero attached hydrogens (tertiary/aromatic N) is 1. The number of pyridine rings is 1. The normalized spacial score (nSPS) is 10.6. The monoisotopic (exact) mass is 287 g/mol. The predicted octanol–water partition coefficient (Wildman–Crippen LogP) is 2.57. The fourth-order valence-corrected chi connectivity index (χ4v) is 1.19. The molecule has 1 aromatic carbocycles. The lowest BCUT2D eigenvalue weighted by Gasteiger charge is -1.97. The van der Waals surface area contributed by atoms with Crippen LogP contribution in [0, 0.1) is 0 Å². The van der Waals surface area contributed by atoms with Gasteiger partial charge in [-0.2, -0.15) is 13.2 Å². The molecular formula is C12H8F3NO4. The molecule has 0 amide bonds. The van der Waals surface area contributed by atoms with Crippen LogP contribution in [-0.4, -0.2) is 33.3 Å². The molecule has 0 saturated heterocycles. The van der Waals surface area contributed by atoms with Crippen molar-refractivity contribution in [2.45, 2.75) is 6.18 Å². The number of hydrogen-bond acceptors (Lipinski definition) is 3. The van der Waals surface area contributed by atoms with Gasteiger partial charge >= 0.3 is 18.1 Å². The first-order valence-corrected chi connectivity index (χ1v) is 5.11. The molecule has 2 rings (SSSR count). The molecule has 106 valence electrons. The molecule has 0 saturated carbocycles. The van der Waals surface area contributed by atoms with E-state index in [-0.39, 0.29) is 5.69 Å². The Morgan fingerprint density at radius 1 is 1.00 bits per heavy atom. The van der Waals surface area contributed by atoms with E-state index < -0.39 is 18.1 Å². The smallest absolute Gasteiger partial charge is 0.477 e. The molecule has 0 aliphatic rings. The molecule has 2 aromatic rings. The lowest BCUT2D eigenvalue weighted by molar-refractivity contribution is -0.192. The third kappa shape index (κ3) is 4.23. The molecular weight excluding hydrogens is 279 g/mol. The van der Waals surface area contributed by atoms with Crippen LogP contribution in [0.3, 0.4) is 0 Å². The van der Waals surface area contributed by atoms with Crippen LogP contribution in [0.1, 0.15) is 10.5 Å². The number of alkyl halides is 3. The summed E-state index contributed by atoms with van der Waals surface area (Å²) in [5.74, 6) is -3.75. The van der Waals surface area contributed by atoms with Gasteiger partial charge in [0, 0.05) is 5.39 Å². The maximum Gasteiger partial charge on any atom is 0.490 e. The number of carboxylic acid groups (broad SMARTS) is 2. The second kappa shape index (κ2) is 6.00. The summed E-state index contributed by atoms with van der Waals surface area (Å²) in [7, 11) is 0. The van der Waals surface area contributed by atoms with Crippen molar-refractivity contribution in [2.24, 2.45) is 0 Å². The van der Waals surface area contributed by atoms with Crippen LogP contribution in [0.5, 0.6) is 0 Å². The van der Waals surface area contributed by atoms with Gasteiger partial charge in [0.2, 0.25) is 0 Å². The second-order valence-electron chi connectivity index (χ2n) is 3.50. The Labute approximate surface area is 110 Å². The standard InChI is InChI=1S/C10H7NO2.C2HF3O2/c12-10(13)9-6-5-7-3-1-2-4-8(7)11-9;3-2(4,5)1(6)7/h1-6H,(H,12,13);(H,6,7). The van der Waals surface area contributed by atoms with Crippen LogP contribution >= 0.6 is 0 Å². The summed E-state index contributed by atoms with van der Waals surface area (Å²) in [6, 6.07) is 10.7. The fraction of sp³-hybridized carbons (Fsp3) is 0.0833. The first kappa shape index (κ1) is 15.4. The average Bonchev–Trinajstić information content (AvgIpc) is 2.37. The van der Waals surface area contributed by atoms with E-state index in [1.165, 1.54) is 6.07 Å². The van der Waals surface area contributed by atoms with E-state index in [9.17, 15) is 18.0 Å². The minimum absolute atomic E-state index is 0.0821. The highest BCUT2D eigenvalue weighted by Gasteiger charge is 2.38. The van der Waals surface area contributed by atoms with Gasteiger partial charge in [0.25, 0.3) is 0 Å². The maximum absolute atomic E-state index is 10.6. The van der Waals surface area contributed by atoms with Crippen molar-refractivity contribution in [3.05, 3.63) is 42.1 Å². The molecule has 2 N–H and O–H groups in total. The number of halogens is 3. The summed E-state index contributed by atoms with van der Waals surface area (Å²) in [6.07, 6.45) is -5.08. The summed E-state index contributed by atoms with van der Waals surface area (Å²) in [5.41, 5.74) is 0.793. The van der Waals surface area contributed by atoms with E-state index in [0.717, 1.165) is 5.39 Å². The lowest BCUT2D eigenvalue weighted by Crippen LogP contribution is -2.21. The van der Waals surface area contributed by atoms with Gasteiger partial charge in [-0.25, -0.2) is 14.6 Å². The summed E-state index contributed by atoms with van der Waals surface area (Å²) >= 11 is 0. The van der Waals surface area contributed by atoms with Gasteiger partial charge in [-0.3, -0.25) is 0 Å². The molecule has 1 heterocycles. The van der Waals surface area contributed by atoms with Gasteiger partial charge in [0.05, 0.1) is 5.52 Å². The summed E-state index contributed by atoms with van der Waals surface area (Å²) in [6.45, 7) is 0. The molecule has 0 aliphatic carbocycles. The molecule has 0 unspecified atom stereocenters. The van der Waals surface area contributed by atoms with Gasteiger partial charge in [0.1, 0.15) is 5.69 Å². The van der Waals surface area contributed by atoms with Crippen LogP contribution in [0.15, 0.2) is 36.4 Å². The molecule has 0 fully saturated rings. The molecule has 8 heteroatoms. The Balaban J connectivity index is 0.000000246. The molecule has 1 aromatic heterocycles. The number of aromatic nitrogens is 1. The quantitative estimate of drug-likeness (QED) is 0.841. The zero-order valence-corrected chi connectivity index (χ0v) is 9.76. The van der Waals surface area contributed by atoms with Crippen molar-refractivity contribution < 1.29 is 33.0 Å². The van der Waals surface area contributed by atoms with Crippen LogP contribution in [-0.2, 0) is 4.79 Å². The average molecular weight is 287 g/mol. The first-order chi connectivity index (χ1) is 9.21. The highest BCUT2D eigenvalue weighted by molar-refractivity contribution is 5.89. The molecule has 20 heavy (non-hydrogen) atoms. The van der Waals surface area contributed by atoms with Gasteiger partial charge in [0.15, 0.2) is 0 Å². The highest BCUT2D eigenvalue weighted by atomic mass is 19.4. The zero-order valence-electron chi connectivity index (χ0n) is 9.76. The van der Waals surface area contributed by atoms with Crippen LogP contribution in [0.2, 0.25) is 0 Å². The number of carbonyl (C=O) groups is 2. The van der Waals surface area contributed by atoms with Crippen molar-refractivity contribution in [1.29, 1.82) is 0 Å². The topological polar surface area (TPSA) is 87.5 Å². The largest absolute Gasteiger partial charge is 0.490 e. The summed E-state index contributed by atoms with van der Waals surface area (Å²) in [5, 5.41) is 16.8. The van der Waals surface area contributed by atoms with Gasteiger partial charge < -0.3 is 10.2 Å². The number of hydrogen-bond donors (Lipinski definition) is 2. The van der Waals surface area contributed by atoms with E-state index in [2.05, 4.69) is 4.98 Å². The van der Waals surface area contributed by atoms with Crippen molar-refractivity contribution in [3.63, 3.8) is 0 Å². The number of rotatable bonds is 1. The Morgan fingerprint density at radius 2 is 1.55 bits per heavy atom. The van der Waals surface area contributed by atoms with E-state index in [1.54, 1.807) is 12.1 Å². The number of aromatic carboxylic acids is 1. The molecule has 5 nitrogen and oxygen atoms in total. The third-order valence-electron chi connectivity index (χ3n) is 2.06. The fourth-order valence-electron chi connectivity index (χ4n) is 1.19. The minimum atomic E-state index is -5.08. The van der Waals surface area contributed by atoms with Gasteiger partial charge in [-0.15, -0.1) is 0 Å². The van der Waals surface area contributed by atoms with E-state index in [0.29, 0.717) is 5.52 Å². The van der Waals surface area contributed by atoms with Crippen molar-refractivity contribution in [3.8, 4) is 0 Å². The van der Waals surface area contributed by atoms with E-state index in [4.69, 9.17) is 15.0 Å². The SMILES string of the molecule is O=C(O)C(F)(F)F.O=C(O)c1ccc2ccccc2n1. The summed E-state index contributed by atoms with van der Waals surface area (Å²) in [4.78, 5) is 23.5. The predicted molar refractivity (Wildman–Crippen MR) is 62.4 cm³/mol. The van der Waals surface area contributed by atoms with Crippen molar-refractivity contribution in [1.82, 2.24) is 4.98 Å². The van der Waals surface area contributed by atoms with E-state index in [1.807, 2.05) is 18.2 Å². The zero-order chi connectivity index (χ0) is 15.3. The lowest BCUT2D eigenvalue weighted by atomic mass is 10.2. The number of aliphatic carboxylic acids is 1.